The van der Waals surface area contributed by atoms with Gasteiger partial charge in [-0.3, -0.25) is 4.79 Å². The number of benzene rings is 3. The number of anilines is 1. The summed E-state index contributed by atoms with van der Waals surface area (Å²) in [7, 11) is 0. The van der Waals surface area contributed by atoms with E-state index in [0.717, 1.165) is 24.3 Å². The van der Waals surface area contributed by atoms with Crippen molar-refractivity contribution in [2.24, 2.45) is 5.10 Å². The van der Waals surface area contributed by atoms with Crippen LogP contribution in [-0.2, 0) is 13.1 Å². The lowest BCUT2D eigenvalue weighted by Crippen LogP contribution is -2.18. The fourth-order valence-corrected chi connectivity index (χ4v) is 3.11. The van der Waals surface area contributed by atoms with Gasteiger partial charge in [0.1, 0.15) is 0 Å². The van der Waals surface area contributed by atoms with Gasteiger partial charge < -0.3 is 4.90 Å². The summed E-state index contributed by atoms with van der Waals surface area (Å²) in [5, 5.41) is 4.01. The maximum absolute atomic E-state index is 12.2. The Morgan fingerprint density at radius 3 is 2.12 bits per heavy atom. The molecule has 128 valence electrons. The maximum atomic E-state index is 12.2. The van der Waals surface area contributed by atoms with E-state index in [1.807, 2.05) is 54.6 Å². The van der Waals surface area contributed by atoms with Crippen LogP contribution in [0.1, 0.15) is 27.0 Å². The Morgan fingerprint density at radius 1 is 0.846 bits per heavy atom. The zero-order valence-corrected chi connectivity index (χ0v) is 14.3. The molecular formula is C22H19N3O. The molecule has 1 N–H and O–H groups in total. The van der Waals surface area contributed by atoms with Gasteiger partial charge in [-0.15, -0.1) is 0 Å². The van der Waals surface area contributed by atoms with Crippen molar-refractivity contribution < 1.29 is 4.79 Å². The maximum Gasteiger partial charge on any atom is 0.271 e. The summed E-state index contributed by atoms with van der Waals surface area (Å²) in [6.45, 7) is 1.81. The average molecular weight is 341 g/mol. The molecule has 3 aromatic rings. The number of hydrogen-bond acceptors (Lipinski definition) is 3. The van der Waals surface area contributed by atoms with Crippen molar-refractivity contribution >= 4 is 17.8 Å². The van der Waals surface area contributed by atoms with Crippen molar-refractivity contribution in [2.45, 2.75) is 13.1 Å². The fourth-order valence-electron chi connectivity index (χ4n) is 3.11. The van der Waals surface area contributed by atoms with Crippen LogP contribution in [0.2, 0.25) is 0 Å². The molecule has 0 spiro atoms. The standard InChI is InChI=1S/C22H19N3O/c26-22(24-23-14-17-6-2-1-3-7-17)18-10-12-21(13-11-18)25-15-19-8-4-5-9-20(19)16-25/h1-14H,15-16H2,(H,24,26)/b23-14-. The summed E-state index contributed by atoms with van der Waals surface area (Å²) in [5.74, 6) is -0.214. The Labute approximate surface area is 152 Å². The highest BCUT2D eigenvalue weighted by Crippen LogP contribution is 2.28. The average Bonchev–Trinajstić information content (AvgIpc) is 3.13. The zero-order valence-electron chi connectivity index (χ0n) is 14.3. The molecule has 1 amide bonds. The highest BCUT2D eigenvalue weighted by Gasteiger charge is 2.18. The van der Waals surface area contributed by atoms with Crippen molar-refractivity contribution in [2.75, 3.05) is 4.90 Å². The predicted molar refractivity (Wildman–Crippen MR) is 104 cm³/mol. The first-order valence-electron chi connectivity index (χ1n) is 8.60. The summed E-state index contributed by atoms with van der Waals surface area (Å²) >= 11 is 0. The summed E-state index contributed by atoms with van der Waals surface area (Å²) in [5.41, 5.74) is 7.95. The first kappa shape index (κ1) is 16.1. The predicted octanol–water partition coefficient (Wildman–Crippen LogP) is 3.97. The van der Waals surface area contributed by atoms with Crippen LogP contribution >= 0.6 is 0 Å². The molecule has 4 rings (SSSR count). The molecule has 0 aromatic heterocycles. The van der Waals surface area contributed by atoms with Gasteiger partial charge >= 0.3 is 0 Å². The van der Waals surface area contributed by atoms with Gasteiger partial charge in [-0.25, -0.2) is 5.43 Å². The number of rotatable bonds is 4. The molecule has 0 unspecified atom stereocenters. The van der Waals surface area contributed by atoms with E-state index in [-0.39, 0.29) is 5.91 Å². The van der Waals surface area contributed by atoms with Gasteiger partial charge in [-0.05, 0) is 41.0 Å². The van der Waals surface area contributed by atoms with E-state index < -0.39 is 0 Å². The number of hydrogen-bond donors (Lipinski definition) is 1. The minimum absolute atomic E-state index is 0.214. The Balaban J connectivity index is 1.39. The molecule has 0 bridgehead atoms. The van der Waals surface area contributed by atoms with E-state index in [4.69, 9.17) is 0 Å². The third-order valence-corrected chi connectivity index (χ3v) is 4.51. The SMILES string of the molecule is O=C(N/N=C\c1ccccc1)c1ccc(N2Cc3ccccc3C2)cc1. The minimum Gasteiger partial charge on any atom is -0.363 e. The minimum atomic E-state index is -0.214. The summed E-state index contributed by atoms with van der Waals surface area (Å²) < 4.78 is 0. The molecule has 0 aliphatic carbocycles. The van der Waals surface area contributed by atoms with Crippen LogP contribution in [0.4, 0.5) is 5.69 Å². The summed E-state index contributed by atoms with van der Waals surface area (Å²) in [6.07, 6.45) is 1.63. The molecule has 0 radical (unpaired) electrons. The number of carbonyl (C=O) groups is 1. The van der Waals surface area contributed by atoms with Crippen LogP contribution in [-0.4, -0.2) is 12.1 Å². The molecule has 0 fully saturated rings. The van der Waals surface area contributed by atoms with Crippen molar-refractivity contribution in [3.63, 3.8) is 0 Å². The van der Waals surface area contributed by atoms with Crippen LogP contribution in [0.3, 0.4) is 0 Å². The Morgan fingerprint density at radius 2 is 1.46 bits per heavy atom. The van der Waals surface area contributed by atoms with Gasteiger partial charge in [0, 0.05) is 24.3 Å². The first-order valence-corrected chi connectivity index (χ1v) is 8.60. The van der Waals surface area contributed by atoms with Gasteiger partial charge in [-0.2, -0.15) is 5.10 Å². The van der Waals surface area contributed by atoms with E-state index in [9.17, 15) is 4.79 Å². The molecule has 3 aromatic carbocycles. The number of fused-ring (bicyclic) bond motifs is 1. The molecule has 26 heavy (non-hydrogen) atoms. The lowest BCUT2D eigenvalue weighted by atomic mass is 10.1. The molecule has 4 heteroatoms. The molecule has 0 atom stereocenters. The number of carbonyl (C=O) groups excluding carboxylic acids is 1. The molecule has 1 aliphatic rings. The lowest BCUT2D eigenvalue weighted by Gasteiger charge is -2.17. The number of nitrogens with zero attached hydrogens (tertiary/aromatic N) is 2. The quantitative estimate of drug-likeness (QED) is 0.576. The summed E-state index contributed by atoms with van der Waals surface area (Å²) in [4.78, 5) is 14.5. The van der Waals surface area contributed by atoms with Gasteiger partial charge in [-0.1, -0.05) is 54.6 Å². The zero-order chi connectivity index (χ0) is 17.8. The van der Waals surface area contributed by atoms with E-state index in [0.29, 0.717) is 5.56 Å². The third kappa shape index (κ3) is 3.49. The fraction of sp³-hybridized carbons (Fsp3) is 0.0909. The monoisotopic (exact) mass is 341 g/mol. The normalized spacial score (nSPS) is 13.0. The molecule has 1 aliphatic heterocycles. The van der Waals surface area contributed by atoms with E-state index in [1.54, 1.807) is 6.21 Å². The summed E-state index contributed by atoms with van der Waals surface area (Å²) in [6, 6.07) is 25.8. The van der Waals surface area contributed by atoms with Crippen molar-refractivity contribution in [3.05, 3.63) is 101 Å². The largest absolute Gasteiger partial charge is 0.363 e. The molecule has 0 saturated heterocycles. The molecule has 4 nitrogen and oxygen atoms in total. The number of nitrogens with one attached hydrogen (secondary N) is 1. The molecule has 1 heterocycles. The van der Waals surface area contributed by atoms with Crippen LogP contribution in [0.5, 0.6) is 0 Å². The first-order chi connectivity index (χ1) is 12.8. The highest BCUT2D eigenvalue weighted by atomic mass is 16.2. The highest BCUT2D eigenvalue weighted by molar-refractivity contribution is 5.95. The van der Waals surface area contributed by atoms with E-state index in [2.05, 4.69) is 39.7 Å². The second kappa shape index (κ2) is 7.23. The molecular weight excluding hydrogens is 322 g/mol. The van der Waals surface area contributed by atoms with E-state index in [1.165, 1.54) is 11.1 Å². The second-order valence-corrected chi connectivity index (χ2v) is 6.28. The van der Waals surface area contributed by atoms with Crippen LogP contribution in [0.15, 0.2) is 84.0 Å². The Hall–Kier alpha value is -3.40. The Kier molecular flexibility index (Phi) is 4.48. The van der Waals surface area contributed by atoms with Crippen LogP contribution < -0.4 is 10.3 Å². The molecule has 0 saturated carbocycles. The lowest BCUT2D eigenvalue weighted by molar-refractivity contribution is 0.0955. The van der Waals surface area contributed by atoms with Gasteiger partial charge in [0.15, 0.2) is 0 Å². The number of amides is 1. The van der Waals surface area contributed by atoms with Crippen molar-refractivity contribution in [1.29, 1.82) is 0 Å². The topological polar surface area (TPSA) is 44.7 Å². The van der Waals surface area contributed by atoms with Crippen LogP contribution in [0, 0.1) is 0 Å². The Bertz CT molecular complexity index is 908. The van der Waals surface area contributed by atoms with Crippen molar-refractivity contribution in [1.82, 2.24) is 5.43 Å². The smallest absolute Gasteiger partial charge is 0.271 e. The third-order valence-electron chi connectivity index (χ3n) is 4.51. The van der Waals surface area contributed by atoms with Crippen LogP contribution in [0.25, 0.3) is 0 Å². The number of hydrazone groups is 1. The second-order valence-electron chi connectivity index (χ2n) is 6.28. The van der Waals surface area contributed by atoms with E-state index >= 15 is 0 Å². The van der Waals surface area contributed by atoms with Crippen molar-refractivity contribution in [3.8, 4) is 0 Å². The van der Waals surface area contributed by atoms with Gasteiger partial charge in [0.05, 0.1) is 6.21 Å². The van der Waals surface area contributed by atoms with Gasteiger partial charge in [0.25, 0.3) is 5.91 Å². The van der Waals surface area contributed by atoms with Gasteiger partial charge in [0.2, 0.25) is 0 Å².